The molecule has 0 spiro atoms. The number of nitrogens with one attached hydrogen (secondary N) is 1. The molecule has 1 N–H and O–H groups in total. The van der Waals surface area contributed by atoms with Crippen molar-refractivity contribution in [3.63, 3.8) is 0 Å². The summed E-state index contributed by atoms with van der Waals surface area (Å²) >= 11 is 11.6. The van der Waals surface area contributed by atoms with Gasteiger partial charge in [0, 0.05) is 16.8 Å². The lowest BCUT2D eigenvalue weighted by molar-refractivity contribution is -0.121. The van der Waals surface area contributed by atoms with Gasteiger partial charge in [-0.3, -0.25) is 4.79 Å². The molecule has 1 rings (SSSR count). The third-order valence-corrected chi connectivity index (χ3v) is 2.69. The van der Waals surface area contributed by atoms with Gasteiger partial charge < -0.3 is 10.1 Å². The van der Waals surface area contributed by atoms with Crippen LogP contribution < -0.4 is 4.74 Å². The first-order valence-electron chi connectivity index (χ1n) is 5.01. The molecule has 6 heteroatoms. The number of nitriles is 1. The summed E-state index contributed by atoms with van der Waals surface area (Å²) in [5.74, 6) is -1.29. The number of carbonyl (C=O) groups is 1. The maximum absolute atomic E-state index is 11.6. The van der Waals surface area contributed by atoms with Crippen LogP contribution in [0, 0.1) is 22.7 Å². The number of Topliss-reactive ketones (excluding diaryl/α,β-unsaturated/α-hetero) is 1. The predicted octanol–water partition coefficient (Wildman–Crippen LogP) is 3.12. The van der Waals surface area contributed by atoms with Crippen LogP contribution >= 0.6 is 23.2 Å². The van der Waals surface area contributed by atoms with Crippen molar-refractivity contribution < 1.29 is 9.53 Å². The van der Waals surface area contributed by atoms with Gasteiger partial charge in [-0.05, 0) is 19.1 Å². The van der Waals surface area contributed by atoms with Gasteiger partial charge in [0.25, 0.3) is 0 Å². The number of nitrogens with zero attached hydrogens (tertiary/aromatic N) is 1. The number of hydrogen-bond donors (Lipinski definition) is 1. The Hall–Kier alpha value is -1.57. The van der Waals surface area contributed by atoms with Crippen molar-refractivity contribution in [2.45, 2.75) is 6.92 Å². The van der Waals surface area contributed by atoms with E-state index in [1.54, 1.807) is 18.2 Å². The summed E-state index contributed by atoms with van der Waals surface area (Å²) in [5, 5.41) is 16.8. The van der Waals surface area contributed by atoms with Gasteiger partial charge in [-0.25, -0.2) is 0 Å². The van der Waals surface area contributed by atoms with Crippen molar-refractivity contribution in [3.8, 4) is 11.8 Å². The Morgan fingerprint density at radius 1 is 1.56 bits per heavy atom. The molecule has 1 unspecified atom stereocenters. The third kappa shape index (κ3) is 3.73. The molecule has 1 aromatic rings. The van der Waals surface area contributed by atoms with Crippen LogP contribution in [0.15, 0.2) is 18.2 Å². The lowest BCUT2D eigenvalue weighted by Gasteiger charge is -2.09. The zero-order valence-electron chi connectivity index (χ0n) is 9.54. The van der Waals surface area contributed by atoms with Crippen molar-refractivity contribution in [1.82, 2.24) is 0 Å². The van der Waals surface area contributed by atoms with Crippen molar-refractivity contribution in [1.29, 1.82) is 10.7 Å². The van der Waals surface area contributed by atoms with Gasteiger partial charge in [-0.1, -0.05) is 23.2 Å². The second kappa shape index (κ2) is 6.39. The zero-order chi connectivity index (χ0) is 13.7. The van der Waals surface area contributed by atoms with Gasteiger partial charge >= 0.3 is 0 Å². The highest BCUT2D eigenvalue weighted by atomic mass is 35.5. The Kier molecular flexibility index (Phi) is 5.14. The van der Waals surface area contributed by atoms with Crippen LogP contribution in [0.1, 0.15) is 6.92 Å². The number of rotatable bonds is 5. The molecular weight excluding hydrogens is 275 g/mol. The quantitative estimate of drug-likeness (QED) is 0.844. The zero-order valence-corrected chi connectivity index (χ0v) is 11.0. The van der Waals surface area contributed by atoms with E-state index in [9.17, 15) is 4.79 Å². The first-order chi connectivity index (χ1) is 8.45. The third-order valence-electron chi connectivity index (χ3n) is 2.15. The van der Waals surface area contributed by atoms with E-state index in [4.69, 9.17) is 38.6 Å². The van der Waals surface area contributed by atoms with Crippen LogP contribution in [0.2, 0.25) is 10.0 Å². The summed E-state index contributed by atoms with van der Waals surface area (Å²) < 4.78 is 5.20. The molecular formula is C12H10Cl2N2O2. The molecule has 0 radical (unpaired) electrons. The minimum absolute atomic E-state index is 0.0108. The summed E-state index contributed by atoms with van der Waals surface area (Å²) in [6, 6.07) is 6.38. The molecule has 0 amide bonds. The Morgan fingerprint density at radius 2 is 2.22 bits per heavy atom. The molecule has 0 aromatic heterocycles. The van der Waals surface area contributed by atoms with Gasteiger partial charge in [-0.2, -0.15) is 5.26 Å². The van der Waals surface area contributed by atoms with Gasteiger partial charge in [0.05, 0.1) is 11.1 Å². The largest absolute Gasteiger partial charge is 0.484 e. The number of halogens is 2. The van der Waals surface area contributed by atoms with E-state index in [1.807, 2.05) is 0 Å². The van der Waals surface area contributed by atoms with E-state index < -0.39 is 11.7 Å². The van der Waals surface area contributed by atoms with Crippen LogP contribution in [-0.4, -0.2) is 18.1 Å². The Bertz CT molecular complexity index is 523. The maximum Gasteiger partial charge on any atom is 0.192 e. The fourth-order valence-corrected chi connectivity index (χ4v) is 1.56. The Balaban J connectivity index is 2.71. The summed E-state index contributed by atoms with van der Waals surface area (Å²) in [6.45, 7) is 1.08. The van der Waals surface area contributed by atoms with E-state index >= 15 is 0 Å². The fourth-order valence-electron chi connectivity index (χ4n) is 1.23. The standard InChI is InChI=1S/C12H10Cl2N2O2/c1-7(16)9(5-15)11(17)6-18-12-4-8(13)2-3-10(12)14/h2-4,9,16H,6H2,1H3. The van der Waals surface area contributed by atoms with Crippen LogP contribution in [-0.2, 0) is 4.79 Å². The molecule has 0 fully saturated rings. The molecule has 94 valence electrons. The molecule has 1 atom stereocenters. The SMILES string of the molecule is CC(=N)C(C#N)C(=O)COc1cc(Cl)ccc1Cl. The topological polar surface area (TPSA) is 73.9 Å². The maximum atomic E-state index is 11.6. The summed E-state index contributed by atoms with van der Waals surface area (Å²) in [5.41, 5.74) is -0.0108. The fraction of sp³-hybridized carbons (Fsp3) is 0.250. The van der Waals surface area contributed by atoms with Gasteiger partial charge in [0.2, 0.25) is 0 Å². The number of hydrogen-bond acceptors (Lipinski definition) is 4. The average Bonchev–Trinajstić information content (AvgIpc) is 2.30. The van der Waals surface area contributed by atoms with E-state index in [1.165, 1.54) is 13.0 Å². The second-order valence-corrected chi connectivity index (χ2v) is 4.42. The lowest BCUT2D eigenvalue weighted by atomic mass is 10.0. The van der Waals surface area contributed by atoms with Crippen LogP contribution in [0.4, 0.5) is 0 Å². The highest BCUT2D eigenvalue weighted by Crippen LogP contribution is 2.27. The predicted molar refractivity (Wildman–Crippen MR) is 69.5 cm³/mol. The monoisotopic (exact) mass is 284 g/mol. The average molecular weight is 285 g/mol. The minimum Gasteiger partial charge on any atom is -0.484 e. The highest BCUT2D eigenvalue weighted by molar-refractivity contribution is 6.34. The molecule has 0 heterocycles. The van der Waals surface area contributed by atoms with Crippen molar-refractivity contribution in [2.75, 3.05) is 6.61 Å². The molecule has 0 saturated carbocycles. The molecule has 0 bridgehead atoms. The summed E-state index contributed by atoms with van der Waals surface area (Å²) in [7, 11) is 0. The normalized spacial score (nSPS) is 11.4. The molecule has 0 saturated heterocycles. The van der Waals surface area contributed by atoms with Crippen molar-refractivity contribution >= 4 is 34.7 Å². The molecule has 0 aliphatic carbocycles. The number of carbonyl (C=O) groups excluding carboxylic acids is 1. The molecule has 18 heavy (non-hydrogen) atoms. The summed E-state index contributed by atoms with van der Waals surface area (Å²) in [4.78, 5) is 11.6. The molecule has 0 aliphatic rings. The number of ether oxygens (including phenoxy) is 1. The summed E-state index contributed by atoms with van der Waals surface area (Å²) in [6.07, 6.45) is 0. The Morgan fingerprint density at radius 3 is 2.78 bits per heavy atom. The second-order valence-electron chi connectivity index (χ2n) is 3.57. The number of benzene rings is 1. The first kappa shape index (κ1) is 14.5. The van der Waals surface area contributed by atoms with E-state index in [-0.39, 0.29) is 18.1 Å². The van der Waals surface area contributed by atoms with E-state index in [0.717, 1.165) is 0 Å². The smallest absolute Gasteiger partial charge is 0.192 e. The lowest BCUT2D eigenvalue weighted by Crippen LogP contribution is -2.25. The van der Waals surface area contributed by atoms with Crippen molar-refractivity contribution in [3.05, 3.63) is 28.2 Å². The van der Waals surface area contributed by atoms with Crippen LogP contribution in [0.3, 0.4) is 0 Å². The Labute approximate surface area is 115 Å². The van der Waals surface area contributed by atoms with Crippen molar-refractivity contribution in [2.24, 2.45) is 5.92 Å². The molecule has 1 aromatic carbocycles. The van der Waals surface area contributed by atoms with E-state index in [2.05, 4.69) is 0 Å². The number of ketones is 1. The van der Waals surface area contributed by atoms with Crippen LogP contribution in [0.5, 0.6) is 5.75 Å². The van der Waals surface area contributed by atoms with E-state index in [0.29, 0.717) is 10.0 Å². The highest BCUT2D eigenvalue weighted by Gasteiger charge is 2.20. The molecule has 0 aliphatic heterocycles. The van der Waals surface area contributed by atoms with Crippen LogP contribution in [0.25, 0.3) is 0 Å². The van der Waals surface area contributed by atoms with Gasteiger partial charge in [-0.15, -0.1) is 0 Å². The van der Waals surface area contributed by atoms with Gasteiger partial charge in [0.1, 0.15) is 18.3 Å². The minimum atomic E-state index is -1.08. The molecule has 4 nitrogen and oxygen atoms in total. The first-order valence-corrected chi connectivity index (χ1v) is 5.76. The van der Waals surface area contributed by atoms with Gasteiger partial charge in [0.15, 0.2) is 5.78 Å².